The maximum absolute atomic E-state index is 13.3. The van der Waals surface area contributed by atoms with Crippen LogP contribution < -0.4 is 4.31 Å². The van der Waals surface area contributed by atoms with Crippen molar-refractivity contribution in [1.29, 1.82) is 0 Å². The van der Waals surface area contributed by atoms with Crippen LogP contribution in [0.5, 0.6) is 0 Å². The number of hydrogen-bond donors (Lipinski definition) is 0. The molecule has 0 fully saturated rings. The number of sulfonamides is 1. The second-order valence-electron chi connectivity index (χ2n) is 7.06. The van der Waals surface area contributed by atoms with E-state index in [1.807, 2.05) is 0 Å². The van der Waals surface area contributed by atoms with E-state index in [1.165, 1.54) is 43.1 Å². The molecule has 7 nitrogen and oxygen atoms in total. The standard InChI is InChI=1S/C24H20N2O5S/c1-25(32(29,30)19-11-4-3-5-12-19)18-10-8-9-17(15-18)23(27)26-16-21(24(28)31-2)20-13-6-7-14-22(20)26/h3-16H,1-2H3. The number of carbonyl (C=O) groups excluding carboxylic acids is 2. The SMILES string of the molecule is COC(=O)c1cn(C(=O)c2cccc(N(C)S(=O)(=O)c3ccccc3)c2)c2ccccc12. The predicted molar refractivity (Wildman–Crippen MR) is 121 cm³/mol. The molecule has 0 amide bonds. The highest BCUT2D eigenvalue weighted by Crippen LogP contribution is 2.26. The van der Waals surface area contributed by atoms with Crippen LogP contribution in [-0.4, -0.2) is 39.0 Å². The smallest absolute Gasteiger partial charge is 0.340 e. The monoisotopic (exact) mass is 448 g/mol. The van der Waals surface area contributed by atoms with Gasteiger partial charge >= 0.3 is 5.97 Å². The van der Waals surface area contributed by atoms with Crippen molar-refractivity contribution in [2.75, 3.05) is 18.5 Å². The molecule has 0 atom stereocenters. The summed E-state index contributed by atoms with van der Waals surface area (Å²) in [6.07, 6.45) is 1.44. The largest absolute Gasteiger partial charge is 0.465 e. The molecule has 0 aliphatic carbocycles. The minimum absolute atomic E-state index is 0.151. The van der Waals surface area contributed by atoms with Crippen LogP contribution in [0.1, 0.15) is 20.7 Å². The first kappa shape index (κ1) is 21.3. The molecule has 32 heavy (non-hydrogen) atoms. The van der Waals surface area contributed by atoms with E-state index in [2.05, 4.69) is 0 Å². The number of fused-ring (bicyclic) bond motifs is 1. The molecule has 0 radical (unpaired) electrons. The Kier molecular flexibility index (Phi) is 5.54. The fraction of sp³-hybridized carbons (Fsp3) is 0.0833. The molecule has 162 valence electrons. The first-order chi connectivity index (χ1) is 15.3. The van der Waals surface area contributed by atoms with Crippen LogP contribution in [0.3, 0.4) is 0 Å². The molecule has 0 saturated carbocycles. The molecular formula is C24H20N2O5S. The molecule has 1 aromatic heterocycles. The zero-order chi connectivity index (χ0) is 22.9. The van der Waals surface area contributed by atoms with E-state index in [0.29, 0.717) is 16.6 Å². The topological polar surface area (TPSA) is 85.7 Å². The highest BCUT2D eigenvalue weighted by Gasteiger charge is 2.23. The lowest BCUT2D eigenvalue weighted by Crippen LogP contribution is -2.26. The predicted octanol–water partition coefficient (Wildman–Crippen LogP) is 3.94. The fourth-order valence-electron chi connectivity index (χ4n) is 3.48. The number of hydrogen-bond acceptors (Lipinski definition) is 5. The molecule has 4 rings (SSSR count). The number of nitrogens with zero attached hydrogens (tertiary/aromatic N) is 2. The van der Waals surface area contributed by atoms with E-state index < -0.39 is 21.9 Å². The van der Waals surface area contributed by atoms with Gasteiger partial charge in [-0.1, -0.05) is 42.5 Å². The quantitative estimate of drug-likeness (QED) is 0.432. The Morgan fingerprint density at radius 3 is 2.31 bits per heavy atom. The van der Waals surface area contributed by atoms with Crippen LogP contribution in [0.2, 0.25) is 0 Å². The third kappa shape index (κ3) is 3.65. The van der Waals surface area contributed by atoms with Gasteiger partial charge in [0.2, 0.25) is 0 Å². The van der Waals surface area contributed by atoms with E-state index in [-0.39, 0.29) is 16.0 Å². The van der Waals surface area contributed by atoms with E-state index >= 15 is 0 Å². The van der Waals surface area contributed by atoms with Gasteiger partial charge in [-0.25, -0.2) is 13.2 Å². The Morgan fingerprint density at radius 2 is 1.59 bits per heavy atom. The molecule has 0 aliphatic rings. The van der Waals surface area contributed by atoms with Crippen LogP contribution in [0.15, 0.2) is 90.0 Å². The Balaban J connectivity index is 1.75. The summed E-state index contributed by atoms with van der Waals surface area (Å²) in [5.74, 6) is -0.945. The fourth-order valence-corrected chi connectivity index (χ4v) is 4.69. The van der Waals surface area contributed by atoms with Crippen molar-refractivity contribution in [3.63, 3.8) is 0 Å². The van der Waals surface area contributed by atoms with E-state index in [0.717, 1.165) is 4.31 Å². The Morgan fingerprint density at radius 1 is 0.906 bits per heavy atom. The van der Waals surface area contributed by atoms with Crippen LogP contribution in [0.25, 0.3) is 10.9 Å². The Hall–Kier alpha value is -3.91. The number of carbonyl (C=O) groups is 2. The van der Waals surface area contributed by atoms with E-state index in [1.54, 1.807) is 60.7 Å². The van der Waals surface area contributed by atoms with Gasteiger partial charge in [0, 0.05) is 24.2 Å². The van der Waals surface area contributed by atoms with E-state index in [4.69, 9.17) is 4.74 Å². The lowest BCUT2D eigenvalue weighted by molar-refractivity contribution is 0.0603. The second kappa shape index (κ2) is 8.32. The molecule has 4 aromatic rings. The lowest BCUT2D eigenvalue weighted by atomic mass is 10.1. The van der Waals surface area contributed by atoms with Gasteiger partial charge in [0.1, 0.15) is 0 Å². The molecule has 8 heteroatoms. The molecule has 0 N–H and O–H groups in total. The van der Waals surface area contributed by atoms with Crippen molar-refractivity contribution in [2.24, 2.45) is 0 Å². The summed E-state index contributed by atoms with van der Waals surface area (Å²) in [6.45, 7) is 0. The molecular weight excluding hydrogens is 428 g/mol. The average molecular weight is 449 g/mol. The molecule has 0 spiro atoms. The summed E-state index contributed by atoms with van der Waals surface area (Å²) >= 11 is 0. The summed E-state index contributed by atoms with van der Waals surface area (Å²) in [5.41, 5.74) is 1.43. The number of aromatic nitrogens is 1. The summed E-state index contributed by atoms with van der Waals surface area (Å²) in [6, 6.07) is 21.4. The van der Waals surface area contributed by atoms with Gasteiger partial charge in [-0.05, 0) is 36.4 Å². The molecule has 0 aliphatic heterocycles. The zero-order valence-corrected chi connectivity index (χ0v) is 18.2. The van der Waals surface area contributed by atoms with Crippen molar-refractivity contribution in [2.45, 2.75) is 4.90 Å². The van der Waals surface area contributed by atoms with Crippen LogP contribution in [0.4, 0.5) is 5.69 Å². The van der Waals surface area contributed by atoms with Crippen LogP contribution in [-0.2, 0) is 14.8 Å². The first-order valence-corrected chi connectivity index (χ1v) is 11.2. The highest BCUT2D eigenvalue weighted by atomic mass is 32.2. The average Bonchev–Trinajstić information content (AvgIpc) is 3.23. The number of esters is 1. The molecule has 0 unspecified atom stereocenters. The normalized spacial score (nSPS) is 11.3. The van der Waals surface area contributed by atoms with Gasteiger partial charge in [0.15, 0.2) is 0 Å². The summed E-state index contributed by atoms with van der Waals surface area (Å²) in [4.78, 5) is 25.6. The van der Waals surface area contributed by atoms with Gasteiger partial charge in [-0.2, -0.15) is 0 Å². The second-order valence-corrected chi connectivity index (χ2v) is 9.03. The third-order valence-electron chi connectivity index (χ3n) is 5.19. The number of methoxy groups -OCH3 is 1. The van der Waals surface area contributed by atoms with Crippen molar-refractivity contribution in [3.05, 3.63) is 96.2 Å². The maximum Gasteiger partial charge on any atom is 0.340 e. The van der Waals surface area contributed by atoms with Crippen molar-refractivity contribution in [3.8, 4) is 0 Å². The summed E-state index contributed by atoms with van der Waals surface area (Å²) < 4.78 is 33.2. The van der Waals surface area contributed by atoms with Gasteiger partial charge in [0.05, 0.1) is 28.8 Å². The van der Waals surface area contributed by atoms with Crippen molar-refractivity contribution in [1.82, 2.24) is 4.57 Å². The minimum atomic E-state index is -3.79. The number of anilines is 1. The third-order valence-corrected chi connectivity index (χ3v) is 6.99. The molecule has 3 aromatic carbocycles. The molecule has 1 heterocycles. The van der Waals surface area contributed by atoms with Gasteiger partial charge in [-0.15, -0.1) is 0 Å². The van der Waals surface area contributed by atoms with Crippen molar-refractivity contribution < 1.29 is 22.7 Å². The minimum Gasteiger partial charge on any atom is -0.465 e. The number of ether oxygens (including phenoxy) is 1. The Bertz CT molecular complexity index is 1430. The van der Waals surface area contributed by atoms with E-state index in [9.17, 15) is 18.0 Å². The summed E-state index contributed by atoms with van der Waals surface area (Å²) in [7, 11) is -1.07. The molecule has 0 bridgehead atoms. The van der Waals surface area contributed by atoms with Gasteiger partial charge in [0.25, 0.3) is 15.9 Å². The number of rotatable bonds is 5. The lowest BCUT2D eigenvalue weighted by Gasteiger charge is -2.20. The van der Waals surface area contributed by atoms with Gasteiger partial charge in [-0.3, -0.25) is 13.7 Å². The Labute approximate surface area is 185 Å². The first-order valence-electron chi connectivity index (χ1n) is 9.71. The van der Waals surface area contributed by atoms with Crippen LogP contribution in [0, 0.1) is 0 Å². The zero-order valence-electron chi connectivity index (χ0n) is 17.4. The maximum atomic E-state index is 13.3. The van der Waals surface area contributed by atoms with Gasteiger partial charge < -0.3 is 4.74 Å². The number of para-hydroxylation sites is 1. The highest BCUT2D eigenvalue weighted by molar-refractivity contribution is 7.92. The van der Waals surface area contributed by atoms with Crippen molar-refractivity contribution >= 4 is 38.5 Å². The summed E-state index contributed by atoms with van der Waals surface area (Å²) in [5, 5.41) is 0.590. The van der Waals surface area contributed by atoms with Crippen LogP contribution >= 0.6 is 0 Å². The molecule has 0 saturated heterocycles. The number of benzene rings is 3.